The third-order valence-corrected chi connectivity index (χ3v) is 2.43. The summed E-state index contributed by atoms with van der Waals surface area (Å²) in [6, 6.07) is 10.9. The van der Waals surface area contributed by atoms with Gasteiger partial charge in [-0.2, -0.15) is 5.26 Å². The summed E-state index contributed by atoms with van der Waals surface area (Å²) in [5.41, 5.74) is 2.72. The van der Waals surface area contributed by atoms with Gasteiger partial charge in [0.25, 0.3) is 0 Å². The Balaban J connectivity index is 2.16. The molecule has 0 saturated heterocycles. The lowest BCUT2D eigenvalue weighted by Crippen LogP contribution is -2.05. The lowest BCUT2D eigenvalue weighted by Gasteiger charge is -2.08. The Morgan fingerprint density at radius 1 is 1.21 bits per heavy atom. The van der Waals surface area contributed by atoms with Crippen molar-refractivity contribution < 1.29 is 4.79 Å². The molecular weight excluding hydrogens is 240 g/mol. The minimum atomic E-state index is -0.111. The number of nitrogens with zero attached hydrogens (tertiary/aromatic N) is 2. The molecule has 94 valence electrons. The molecule has 0 spiro atoms. The van der Waals surface area contributed by atoms with Gasteiger partial charge in [0.05, 0.1) is 17.4 Å². The van der Waals surface area contributed by atoms with Crippen LogP contribution in [0.5, 0.6) is 0 Å². The Labute approximate surface area is 110 Å². The largest absolute Gasteiger partial charge is 0.353 e. The third-order valence-electron chi connectivity index (χ3n) is 2.43. The summed E-state index contributed by atoms with van der Waals surface area (Å²) in [4.78, 5) is 14.9. The minimum absolute atomic E-state index is 0.111. The Morgan fingerprint density at radius 3 is 2.53 bits per heavy atom. The number of amides is 1. The van der Waals surface area contributed by atoms with Crippen LogP contribution in [0.25, 0.3) is 0 Å². The molecule has 0 aliphatic carbocycles. The summed E-state index contributed by atoms with van der Waals surface area (Å²) in [5, 5.41) is 14.8. The van der Waals surface area contributed by atoms with E-state index in [1.807, 2.05) is 12.1 Å². The van der Waals surface area contributed by atoms with Gasteiger partial charge in [0, 0.05) is 24.5 Å². The molecule has 1 amide bonds. The van der Waals surface area contributed by atoms with Crippen molar-refractivity contribution in [2.45, 2.75) is 6.92 Å². The number of anilines is 3. The molecule has 0 aliphatic heterocycles. The van der Waals surface area contributed by atoms with Crippen LogP contribution in [-0.4, -0.2) is 10.9 Å². The first-order valence-electron chi connectivity index (χ1n) is 5.68. The molecule has 2 aromatic rings. The Bertz CT molecular complexity index is 629. The number of hydrogen-bond acceptors (Lipinski definition) is 4. The number of hydrogen-bond donors (Lipinski definition) is 2. The number of rotatable bonds is 3. The van der Waals surface area contributed by atoms with Crippen LogP contribution in [0.1, 0.15) is 12.5 Å². The normalized spacial score (nSPS) is 9.47. The highest BCUT2D eigenvalue weighted by molar-refractivity contribution is 5.88. The quantitative estimate of drug-likeness (QED) is 0.880. The van der Waals surface area contributed by atoms with Gasteiger partial charge in [-0.1, -0.05) is 0 Å². The molecule has 0 saturated carbocycles. The fourth-order valence-corrected chi connectivity index (χ4v) is 1.59. The minimum Gasteiger partial charge on any atom is -0.353 e. The molecule has 1 heterocycles. The van der Waals surface area contributed by atoms with Crippen LogP contribution in [0.15, 0.2) is 42.7 Å². The topological polar surface area (TPSA) is 77.8 Å². The van der Waals surface area contributed by atoms with Gasteiger partial charge in [0.2, 0.25) is 5.91 Å². The molecule has 2 N–H and O–H groups in total. The monoisotopic (exact) mass is 252 g/mol. The van der Waals surface area contributed by atoms with Crippen LogP contribution in [0, 0.1) is 11.3 Å². The zero-order chi connectivity index (χ0) is 13.7. The van der Waals surface area contributed by atoms with Crippen molar-refractivity contribution in [2.75, 3.05) is 10.6 Å². The van der Waals surface area contributed by atoms with Crippen LogP contribution < -0.4 is 10.6 Å². The van der Waals surface area contributed by atoms with Crippen molar-refractivity contribution in [3.8, 4) is 6.07 Å². The maximum Gasteiger partial charge on any atom is 0.221 e. The first-order valence-corrected chi connectivity index (χ1v) is 5.68. The standard InChI is InChI=1S/C14H12N4O/c1-10(19)17-12-2-4-13(5-3-12)18-14-9-16-7-6-11(14)8-15/h2-7,9,18H,1H3,(H,17,19). The molecule has 19 heavy (non-hydrogen) atoms. The number of carbonyl (C=O) groups excluding carboxylic acids is 1. The van der Waals surface area contributed by atoms with Crippen LogP contribution in [-0.2, 0) is 4.79 Å². The molecule has 0 unspecified atom stereocenters. The van der Waals surface area contributed by atoms with Gasteiger partial charge in [-0.25, -0.2) is 0 Å². The fraction of sp³-hybridized carbons (Fsp3) is 0.0714. The van der Waals surface area contributed by atoms with Gasteiger partial charge in [-0.15, -0.1) is 0 Å². The van der Waals surface area contributed by atoms with Crippen molar-refractivity contribution in [1.29, 1.82) is 5.26 Å². The zero-order valence-corrected chi connectivity index (χ0v) is 10.3. The van der Waals surface area contributed by atoms with E-state index < -0.39 is 0 Å². The first-order chi connectivity index (χ1) is 9.19. The number of pyridine rings is 1. The predicted molar refractivity (Wildman–Crippen MR) is 73.0 cm³/mol. The van der Waals surface area contributed by atoms with Gasteiger partial charge in [0.15, 0.2) is 0 Å². The van der Waals surface area contributed by atoms with Crippen LogP contribution in [0.3, 0.4) is 0 Å². The van der Waals surface area contributed by atoms with Crippen molar-refractivity contribution in [3.63, 3.8) is 0 Å². The van der Waals surface area contributed by atoms with Crippen LogP contribution in [0.2, 0.25) is 0 Å². The summed E-state index contributed by atoms with van der Waals surface area (Å²) in [7, 11) is 0. The van der Waals surface area contributed by atoms with Gasteiger partial charge < -0.3 is 10.6 Å². The predicted octanol–water partition coefficient (Wildman–Crippen LogP) is 2.66. The van der Waals surface area contributed by atoms with Crippen molar-refractivity contribution in [1.82, 2.24) is 4.98 Å². The second-order valence-corrected chi connectivity index (χ2v) is 3.92. The Kier molecular flexibility index (Phi) is 3.74. The Morgan fingerprint density at radius 2 is 1.89 bits per heavy atom. The highest BCUT2D eigenvalue weighted by Crippen LogP contribution is 2.20. The SMILES string of the molecule is CC(=O)Nc1ccc(Nc2cnccc2C#N)cc1. The molecule has 0 aliphatic rings. The van der Waals surface area contributed by atoms with Gasteiger partial charge in [0.1, 0.15) is 6.07 Å². The van der Waals surface area contributed by atoms with E-state index in [2.05, 4.69) is 21.7 Å². The fourth-order valence-electron chi connectivity index (χ4n) is 1.59. The lowest BCUT2D eigenvalue weighted by molar-refractivity contribution is -0.114. The van der Waals surface area contributed by atoms with E-state index in [-0.39, 0.29) is 5.91 Å². The number of aromatic nitrogens is 1. The van der Waals surface area contributed by atoms with Crippen molar-refractivity contribution in [3.05, 3.63) is 48.3 Å². The molecule has 0 bridgehead atoms. The molecule has 5 heteroatoms. The van der Waals surface area contributed by atoms with Gasteiger partial charge in [-0.3, -0.25) is 9.78 Å². The number of nitrogens with one attached hydrogen (secondary N) is 2. The van der Waals surface area contributed by atoms with E-state index in [9.17, 15) is 4.79 Å². The van der Waals surface area contributed by atoms with E-state index in [4.69, 9.17) is 5.26 Å². The Hall–Kier alpha value is -2.87. The maximum absolute atomic E-state index is 10.9. The number of nitriles is 1. The summed E-state index contributed by atoms with van der Waals surface area (Å²) in [5.74, 6) is -0.111. The highest BCUT2D eigenvalue weighted by Gasteiger charge is 2.02. The van der Waals surface area contributed by atoms with E-state index in [0.29, 0.717) is 11.3 Å². The zero-order valence-electron chi connectivity index (χ0n) is 10.3. The second-order valence-electron chi connectivity index (χ2n) is 3.92. The average Bonchev–Trinajstić information content (AvgIpc) is 2.41. The second kappa shape index (κ2) is 5.65. The number of carbonyl (C=O) groups is 1. The first kappa shape index (κ1) is 12.6. The van der Waals surface area contributed by atoms with Crippen LogP contribution in [0.4, 0.5) is 17.1 Å². The van der Waals surface area contributed by atoms with E-state index in [0.717, 1.165) is 11.4 Å². The molecular formula is C14H12N4O. The maximum atomic E-state index is 10.9. The van der Waals surface area contributed by atoms with E-state index in [1.54, 1.807) is 30.6 Å². The lowest BCUT2D eigenvalue weighted by atomic mass is 10.2. The van der Waals surface area contributed by atoms with Crippen LogP contribution >= 0.6 is 0 Å². The summed E-state index contributed by atoms with van der Waals surface area (Å²) >= 11 is 0. The molecule has 0 fully saturated rings. The third kappa shape index (κ3) is 3.30. The molecule has 1 aromatic carbocycles. The molecule has 5 nitrogen and oxygen atoms in total. The smallest absolute Gasteiger partial charge is 0.221 e. The van der Waals surface area contributed by atoms with Gasteiger partial charge in [-0.05, 0) is 30.3 Å². The van der Waals surface area contributed by atoms with E-state index in [1.165, 1.54) is 6.92 Å². The molecule has 0 radical (unpaired) electrons. The molecule has 2 rings (SSSR count). The van der Waals surface area contributed by atoms with Crippen molar-refractivity contribution in [2.24, 2.45) is 0 Å². The summed E-state index contributed by atoms with van der Waals surface area (Å²) in [6.45, 7) is 1.46. The average molecular weight is 252 g/mol. The molecule has 1 aromatic heterocycles. The molecule has 0 atom stereocenters. The summed E-state index contributed by atoms with van der Waals surface area (Å²) in [6.07, 6.45) is 3.17. The number of benzene rings is 1. The van der Waals surface area contributed by atoms with Gasteiger partial charge >= 0.3 is 0 Å². The highest BCUT2D eigenvalue weighted by atomic mass is 16.1. The summed E-state index contributed by atoms with van der Waals surface area (Å²) < 4.78 is 0. The van der Waals surface area contributed by atoms with Crippen molar-refractivity contribution >= 4 is 23.0 Å². The van der Waals surface area contributed by atoms with E-state index >= 15 is 0 Å².